The number of ether oxygens (including phenoxy) is 2. The second-order valence-corrected chi connectivity index (χ2v) is 24.6. The summed E-state index contributed by atoms with van der Waals surface area (Å²) in [5, 5.41) is 5.99. The molecule has 0 aromatic heterocycles. The first-order chi connectivity index (χ1) is 32.5. The van der Waals surface area contributed by atoms with Crippen LogP contribution in [0.2, 0.25) is 19.6 Å². The van der Waals surface area contributed by atoms with E-state index in [0.29, 0.717) is 0 Å². The lowest BCUT2D eigenvalue weighted by Crippen LogP contribution is -2.37. The zero-order valence-electron chi connectivity index (χ0n) is 38.5. The molecule has 5 heteroatoms. The minimum Gasteiger partial charge on any atom is -0.456 e. The number of benzene rings is 9. The number of para-hydroxylation sites is 1. The van der Waals surface area contributed by atoms with Gasteiger partial charge in [0.1, 0.15) is 23.0 Å². The highest BCUT2D eigenvalue weighted by atomic mass is 28.3. The molecular weight excluding hydrogens is 833 g/mol. The summed E-state index contributed by atoms with van der Waals surface area (Å²) in [6.07, 6.45) is 6.47. The van der Waals surface area contributed by atoms with E-state index in [1.807, 2.05) is 0 Å². The molecule has 1 aliphatic carbocycles. The Balaban J connectivity index is 0.906. The third-order valence-corrected chi connectivity index (χ3v) is 16.1. The number of hydrogen-bond acceptors (Lipinski definition) is 4. The summed E-state index contributed by atoms with van der Waals surface area (Å²) in [5.74, 6) is 3.29. The normalized spacial score (nSPS) is 14.7. The lowest BCUT2D eigenvalue weighted by Gasteiger charge is -2.30. The number of rotatable bonds is 8. The summed E-state index contributed by atoms with van der Waals surface area (Å²) in [4.78, 5) is 4.56. The molecule has 0 atom stereocenters. The fourth-order valence-corrected chi connectivity index (χ4v) is 11.5. The van der Waals surface area contributed by atoms with Crippen LogP contribution in [0.1, 0.15) is 25.0 Å². The summed E-state index contributed by atoms with van der Waals surface area (Å²) < 4.78 is 13.8. The first-order valence-corrected chi connectivity index (χ1v) is 26.7. The number of anilines is 5. The van der Waals surface area contributed by atoms with Gasteiger partial charge in [-0.05, 0) is 135 Å². The standard InChI is InChI=1S/C62H50N2O2Si/c1-40-49(50-19-12-13-21-55(50)62(40,2)3)20-14-36-63(43-17-8-7-9-18-43)45-26-30-51-53-32-35-57-61-54(33-34-56(60(53)61)65-58(51)38-45)52-31-27-47(39-59(52)66-57)64(44-24-28-48(29-25-44)67(4,5)6)46-23-22-41-15-10-11-16-42(41)37-46/h7-39H,1H2,2-6H3/b36-14+,49-20+. The van der Waals surface area contributed by atoms with E-state index in [4.69, 9.17) is 9.47 Å². The summed E-state index contributed by atoms with van der Waals surface area (Å²) in [6.45, 7) is 16.2. The minimum absolute atomic E-state index is 0.120. The average Bonchev–Trinajstić information content (AvgIpc) is 3.54. The van der Waals surface area contributed by atoms with Crippen LogP contribution < -0.4 is 24.5 Å². The summed E-state index contributed by atoms with van der Waals surface area (Å²) in [7, 11) is -1.49. The highest BCUT2D eigenvalue weighted by molar-refractivity contribution is 6.88. The van der Waals surface area contributed by atoms with Gasteiger partial charge in [0.15, 0.2) is 0 Å². The monoisotopic (exact) mass is 882 g/mol. The van der Waals surface area contributed by atoms with Crippen molar-refractivity contribution < 1.29 is 9.47 Å². The molecular formula is C62H50N2O2Si. The Kier molecular flexibility index (Phi) is 9.32. The Bertz CT molecular complexity index is 3560. The molecule has 12 rings (SSSR count). The van der Waals surface area contributed by atoms with E-state index in [-0.39, 0.29) is 5.41 Å². The van der Waals surface area contributed by atoms with Crippen LogP contribution in [0, 0.1) is 0 Å². The van der Waals surface area contributed by atoms with E-state index in [1.54, 1.807) is 0 Å². The molecule has 324 valence electrons. The molecule has 0 saturated carbocycles. The van der Waals surface area contributed by atoms with Crippen molar-refractivity contribution >= 4 is 68.8 Å². The first kappa shape index (κ1) is 40.6. The van der Waals surface area contributed by atoms with Crippen molar-refractivity contribution in [2.24, 2.45) is 0 Å². The fourth-order valence-electron chi connectivity index (χ4n) is 10.3. The lowest BCUT2D eigenvalue weighted by molar-refractivity contribution is 0.480. The first-order valence-electron chi connectivity index (χ1n) is 23.2. The van der Waals surface area contributed by atoms with Gasteiger partial charge in [0.05, 0.1) is 8.07 Å². The van der Waals surface area contributed by atoms with Crippen molar-refractivity contribution in [3.63, 3.8) is 0 Å². The quantitative estimate of drug-likeness (QED) is 0.142. The summed E-state index contributed by atoms with van der Waals surface area (Å²) >= 11 is 0. The Hall–Kier alpha value is -7.86. The average molecular weight is 883 g/mol. The summed E-state index contributed by atoms with van der Waals surface area (Å²) in [5.41, 5.74) is 14.4. The van der Waals surface area contributed by atoms with Crippen LogP contribution >= 0.6 is 0 Å². The highest BCUT2D eigenvalue weighted by Crippen LogP contribution is 2.56. The van der Waals surface area contributed by atoms with Gasteiger partial charge in [-0.25, -0.2) is 0 Å². The molecule has 2 heterocycles. The SMILES string of the molecule is C=C1/C(=C\C=C\N(c2ccccc2)c2ccc3c(c2)Oc2ccc4c5c(ccc-3c25)Oc2cc(N(c3ccc([Si](C)(C)C)cc3)c3ccc5ccccc5c3)ccc2-4)c2ccccc2C1(C)C. The maximum Gasteiger partial charge on any atom is 0.137 e. The molecule has 3 aliphatic rings. The third-order valence-electron chi connectivity index (χ3n) is 14.1. The fraction of sp³-hybridized carbons (Fsp3) is 0.0968. The predicted octanol–water partition coefficient (Wildman–Crippen LogP) is 17.1. The largest absolute Gasteiger partial charge is 0.456 e. The van der Waals surface area contributed by atoms with Crippen molar-refractivity contribution in [3.05, 3.63) is 224 Å². The van der Waals surface area contributed by atoms with E-state index >= 15 is 0 Å². The van der Waals surface area contributed by atoms with Crippen molar-refractivity contribution in [3.8, 4) is 45.3 Å². The zero-order chi connectivity index (χ0) is 45.6. The topological polar surface area (TPSA) is 24.9 Å². The Labute approximate surface area is 394 Å². The molecule has 67 heavy (non-hydrogen) atoms. The number of hydrogen-bond donors (Lipinski definition) is 0. The number of nitrogens with zero attached hydrogens (tertiary/aromatic N) is 2. The van der Waals surface area contributed by atoms with Crippen molar-refractivity contribution in [1.82, 2.24) is 0 Å². The van der Waals surface area contributed by atoms with Crippen molar-refractivity contribution in [1.29, 1.82) is 0 Å². The highest BCUT2D eigenvalue weighted by Gasteiger charge is 2.36. The van der Waals surface area contributed by atoms with Gasteiger partial charge < -0.3 is 19.3 Å². The Morgan fingerprint density at radius 3 is 1.72 bits per heavy atom. The molecule has 0 radical (unpaired) electrons. The van der Waals surface area contributed by atoms with Crippen LogP contribution in [0.25, 0.3) is 49.4 Å². The molecule has 0 fully saturated rings. The van der Waals surface area contributed by atoms with Crippen LogP contribution in [-0.4, -0.2) is 8.07 Å². The van der Waals surface area contributed by atoms with Gasteiger partial charge in [-0.15, -0.1) is 0 Å². The molecule has 9 aromatic carbocycles. The predicted molar refractivity (Wildman–Crippen MR) is 284 cm³/mol. The van der Waals surface area contributed by atoms with Gasteiger partial charge in [-0.1, -0.05) is 136 Å². The minimum atomic E-state index is -1.49. The molecule has 0 N–H and O–H groups in total. The van der Waals surface area contributed by atoms with E-state index in [1.165, 1.54) is 32.7 Å². The Morgan fingerprint density at radius 2 is 1.03 bits per heavy atom. The van der Waals surface area contributed by atoms with Gasteiger partial charge in [-0.3, -0.25) is 0 Å². The molecule has 4 nitrogen and oxygen atoms in total. The lowest BCUT2D eigenvalue weighted by atomic mass is 9.83. The summed E-state index contributed by atoms with van der Waals surface area (Å²) in [6, 6.07) is 65.4. The van der Waals surface area contributed by atoms with Gasteiger partial charge in [0.25, 0.3) is 0 Å². The van der Waals surface area contributed by atoms with Crippen LogP contribution in [0.3, 0.4) is 0 Å². The molecule has 0 unspecified atom stereocenters. The van der Waals surface area contributed by atoms with Crippen LogP contribution in [0.5, 0.6) is 23.0 Å². The number of fused-ring (bicyclic) bond motifs is 6. The van der Waals surface area contributed by atoms with E-state index < -0.39 is 8.07 Å². The van der Waals surface area contributed by atoms with Crippen molar-refractivity contribution in [2.45, 2.75) is 38.9 Å². The van der Waals surface area contributed by atoms with Crippen LogP contribution in [0.15, 0.2) is 212 Å². The van der Waals surface area contributed by atoms with Crippen LogP contribution in [-0.2, 0) is 5.41 Å². The van der Waals surface area contributed by atoms with Crippen LogP contribution in [0.4, 0.5) is 28.4 Å². The molecule has 0 spiro atoms. The molecule has 0 saturated heterocycles. The van der Waals surface area contributed by atoms with E-state index in [9.17, 15) is 0 Å². The zero-order valence-corrected chi connectivity index (χ0v) is 39.5. The maximum atomic E-state index is 6.92. The van der Waals surface area contributed by atoms with Gasteiger partial charge >= 0.3 is 0 Å². The second kappa shape index (κ2) is 15.4. The van der Waals surface area contributed by atoms with Gasteiger partial charge in [0, 0.05) is 74.1 Å². The Morgan fingerprint density at radius 1 is 0.478 bits per heavy atom. The molecule has 0 bridgehead atoms. The van der Waals surface area contributed by atoms with Gasteiger partial charge in [-0.2, -0.15) is 0 Å². The molecule has 2 aliphatic heterocycles. The second-order valence-electron chi connectivity index (χ2n) is 19.5. The van der Waals surface area contributed by atoms with Crippen molar-refractivity contribution in [2.75, 3.05) is 9.80 Å². The van der Waals surface area contributed by atoms with Gasteiger partial charge in [0.2, 0.25) is 0 Å². The smallest absolute Gasteiger partial charge is 0.137 e. The van der Waals surface area contributed by atoms with E-state index in [2.05, 4.69) is 250 Å². The molecule has 9 aromatic rings. The number of allylic oxidation sites excluding steroid dienone is 4. The van der Waals surface area contributed by atoms with E-state index in [0.717, 1.165) is 90.0 Å². The third kappa shape index (κ3) is 6.72. The maximum absolute atomic E-state index is 6.92. The molecule has 0 amide bonds.